The third-order valence-electron chi connectivity index (χ3n) is 6.80. The largest absolute Gasteiger partial charge is 0.496 e. The molecule has 42 heavy (non-hydrogen) atoms. The van der Waals surface area contributed by atoms with Crippen LogP contribution in [0.25, 0.3) is 17.4 Å². The first-order valence-electron chi connectivity index (χ1n) is 13.0. The number of nitro groups is 1. The molecule has 0 fully saturated rings. The van der Waals surface area contributed by atoms with Gasteiger partial charge in [0.15, 0.2) is 4.80 Å². The van der Waals surface area contributed by atoms with E-state index >= 15 is 0 Å². The summed E-state index contributed by atoms with van der Waals surface area (Å²) in [5, 5.41) is 11.3. The zero-order valence-electron chi connectivity index (χ0n) is 23.6. The number of methoxy groups -OCH3 is 1. The molecule has 0 bridgehead atoms. The van der Waals surface area contributed by atoms with Crippen molar-refractivity contribution in [2.45, 2.75) is 19.9 Å². The minimum atomic E-state index is -0.736. The van der Waals surface area contributed by atoms with Crippen molar-refractivity contribution in [2.75, 3.05) is 32.7 Å². The van der Waals surface area contributed by atoms with Crippen LogP contribution in [0.2, 0.25) is 0 Å². The molecule has 0 aliphatic carbocycles. The van der Waals surface area contributed by atoms with Gasteiger partial charge in [0.1, 0.15) is 17.3 Å². The zero-order valence-corrected chi connectivity index (χ0v) is 24.4. The van der Waals surface area contributed by atoms with Crippen LogP contribution in [0, 0.1) is 10.1 Å². The highest BCUT2D eigenvalue weighted by atomic mass is 32.1. The van der Waals surface area contributed by atoms with E-state index in [1.807, 2.05) is 43.3 Å². The van der Waals surface area contributed by atoms with Crippen molar-refractivity contribution >= 4 is 34.8 Å². The number of nitrogens with zero attached hydrogens (tertiary/aromatic N) is 4. The van der Waals surface area contributed by atoms with Gasteiger partial charge in [-0.1, -0.05) is 23.5 Å². The number of benzene rings is 2. The summed E-state index contributed by atoms with van der Waals surface area (Å²) in [5.74, 6) is 0.574. The lowest BCUT2D eigenvalue weighted by atomic mass is 9.95. The van der Waals surface area contributed by atoms with Crippen LogP contribution in [0.1, 0.15) is 31.2 Å². The molecule has 2 aromatic carbocycles. The molecule has 0 spiro atoms. The Morgan fingerprint density at radius 2 is 1.93 bits per heavy atom. The highest BCUT2D eigenvalue weighted by molar-refractivity contribution is 7.07. The third kappa shape index (κ3) is 5.23. The Morgan fingerprint density at radius 3 is 2.57 bits per heavy atom. The first-order valence-corrected chi connectivity index (χ1v) is 13.8. The Morgan fingerprint density at radius 1 is 1.19 bits per heavy atom. The number of non-ortho nitro benzene ring substituents is 1. The monoisotopic (exact) mass is 588 g/mol. The van der Waals surface area contributed by atoms with Crippen molar-refractivity contribution in [1.82, 2.24) is 4.57 Å². The zero-order chi connectivity index (χ0) is 30.1. The number of rotatable bonds is 8. The number of allylic oxidation sites excluding steroid dienone is 1. The number of fused-ring (bicyclic) bond motifs is 1. The van der Waals surface area contributed by atoms with Gasteiger partial charge >= 0.3 is 5.97 Å². The predicted octanol–water partition coefficient (Wildman–Crippen LogP) is 4.04. The topological polar surface area (TPSA) is 129 Å². The third-order valence-corrected chi connectivity index (χ3v) is 7.78. The standard InChI is InChI=1S/C30H28N4O7S/c1-6-40-29(36)26-17(2)31-30-33(27(26)18-7-9-19(10-8-18)32(3)4)28(35)25(42-30)16-21-12-14-24(41-21)22-15-20(34(37)38)11-13-23(22)39-5/h7-16,27H,6H2,1-5H3/b25-16-/t27-/m1/s1. The van der Waals surface area contributed by atoms with Gasteiger partial charge in [0.05, 0.1) is 46.0 Å². The Hall–Kier alpha value is -4.97. The van der Waals surface area contributed by atoms with Gasteiger partial charge in [-0.2, -0.15) is 0 Å². The molecule has 11 nitrogen and oxygen atoms in total. The van der Waals surface area contributed by atoms with Crippen molar-refractivity contribution in [3.8, 4) is 17.1 Å². The molecule has 2 aromatic heterocycles. The summed E-state index contributed by atoms with van der Waals surface area (Å²) in [6, 6.07) is 14.4. The summed E-state index contributed by atoms with van der Waals surface area (Å²) in [4.78, 5) is 44.8. The van der Waals surface area contributed by atoms with Crippen molar-refractivity contribution in [2.24, 2.45) is 4.99 Å². The van der Waals surface area contributed by atoms with Crippen molar-refractivity contribution in [3.05, 3.63) is 107 Å². The maximum absolute atomic E-state index is 13.9. The molecule has 0 amide bonds. The smallest absolute Gasteiger partial charge is 0.338 e. The van der Waals surface area contributed by atoms with Gasteiger partial charge in [0.2, 0.25) is 0 Å². The Kier molecular flexibility index (Phi) is 7.81. The fourth-order valence-corrected chi connectivity index (χ4v) is 5.79. The summed E-state index contributed by atoms with van der Waals surface area (Å²) >= 11 is 1.17. The fourth-order valence-electron chi connectivity index (χ4n) is 4.77. The fraction of sp³-hybridized carbons (Fsp3) is 0.233. The molecule has 1 aliphatic rings. The van der Waals surface area contributed by atoms with Crippen LogP contribution >= 0.6 is 11.3 Å². The average Bonchev–Trinajstić information content (AvgIpc) is 3.56. The summed E-state index contributed by atoms with van der Waals surface area (Å²) in [5.41, 5.74) is 2.43. The Bertz CT molecular complexity index is 1900. The van der Waals surface area contributed by atoms with Gasteiger partial charge in [-0.25, -0.2) is 9.79 Å². The lowest BCUT2D eigenvalue weighted by Crippen LogP contribution is -2.39. The normalized spacial score (nSPS) is 14.8. The first kappa shape index (κ1) is 28.6. The van der Waals surface area contributed by atoms with Crippen LogP contribution in [0.15, 0.2) is 80.1 Å². The van der Waals surface area contributed by atoms with Crippen LogP contribution < -0.4 is 24.5 Å². The van der Waals surface area contributed by atoms with E-state index in [0.29, 0.717) is 43.4 Å². The number of carbonyl (C=O) groups excluding carboxylic acids is 1. The first-order chi connectivity index (χ1) is 20.1. The summed E-state index contributed by atoms with van der Waals surface area (Å²) in [6.07, 6.45) is 1.59. The number of hydrogen-bond acceptors (Lipinski definition) is 10. The number of thiazole rings is 1. The SMILES string of the molecule is CCOC(=O)C1=C(C)N=c2s/c(=C\c3ccc(-c4cc([N+](=O)[O-])ccc4OC)o3)c(=O)n2[C@@H]1c1ccc(N(C)C)cc1. The minimum absolute atomic E-state index is 0.108. The molecule has 0 saturated carbocycles. The maximum Gasteiger partial charge on any atom is 0.338 e. The average molecular weight is 589 g/mol. The summed E-state index contributed by atoms with van der Waals surface area (Å²) < 4.78 is 18.6. The number of aromatic nitrogens is 1. The van der Waals surface area contributed by atoms with Gasteiger partial charge in [0.25, 0.3) is 11.2 Å². The predicted molar refractivity (Wildman–Crippen MR) is 159 cm³/mol. The molecular weight excluding hydrogens is 560 g/mol. The molecule has 0 N–H and O–H groups in total. The number of hydrogen-bond donors (Lipinski definition) is 0. The van der Waals surface area contributed by atoms with Gasteiger partial charge in [-0.15, -0.1) is 0 Å². The van der Waals surface area contributed by atoms with Gasteiger partial charge < -0.3 is 18.8 Å². The molecular formula is C30H28N4O7S. The van der Waals surface area contributed by atoms with Crippen LogP contribution in [-0.4, -0.2) is 43.3 Å². The van der Waals surface area contributed by atoms with E-state index in [-0.39, 0.29) is 17.9 Å². The van der Waals surface area contributed by atoms with Gasteiger partial charge in [-0.05, 0) is 49.7 Å². The number of furan rings is 1. The van der Waals surface area contributed by atoms with E-state index in [0.717, 1.165) is 11.3 Å². The Balaban J connectivity index is 1.62. The van der Waals surface area contributed by atoms with Crippen LogP contribution in [0.3, 0.4) is 0 Å². The van der Waals surface area contributed by atoms with Crippen molar-refractivity contribution < 1.29 is 23.6 Å². The molecule has 0 unspecified atom stereocenters. The number of ether oxygens (including phenoxy) is 2. The molecule has 12 heteroatoms. The Labute approximate surface area is 244 Å². The van der Waals surface area contributed by atoms with Crippen LogP contribution in [0.5, 0.6) is 5.75 Å². The highest BCUT2D eigenvalue weighted by Crippen LogP contribution is 2.35. The summed E-state index contributed by atoms with van der Waals surface area (Å²) in [7, 11) is 5.33. The molecule has 5 rings (SSSR count). The second-order valence-electron chi connectivity index (χ2n) is 9.63. The van der Waals surface area contributed by atoms with E-state index in [2.05, 4.69) is 4.99 Å². The van der Waals surface area contributed by atoms with E-state index in [1.54, 1.807) is 32.1 Å². The minimum Gasteiger partial charge on any atom is -0.496 e. The van der Waals surface area contributed by atoms with E-state index in [1.165, 1.54) is 41.2 Å². The molecule has 1 atom stereocenters. The molecule has 0 saturated heterocycles. The molecule has 216 valence electrons. The number of nitro benzene ring substituents is 1. The number of esters is 1. The molecule has 3 heterocycles. The second-order valence-corrected chi connectivity index (χ2v) is 10.6. The molecule has 4 aromatic rings. The van der Waals surface area contributed by atoms with Crippen molar-refractivity contribution in [3.63, 3.8) is 0 Å². The van der Waals surface area contributed by atoms with E-state index in [4.69, 9.17) is 13.9 Å². The van der Waals surface area contributed by atoms with Gasteiger partial charge in [0, 0.05) is 38.0 Å². The maximum atomic E-state index is 13.9. The molecule has 0 radical (unpaired) electrons. The number of anilines is 1. The van der Waals surface area contributed by atoms with Crippen LogP contribution in [0.4, 0.5) is 11.4 Å². The van der Waals surface area contributed by atoms with E-state index < -0.39 is 16.9 Å². The lowest BCUT2D eigenvalue weighted by Gasteiger charge is -2.25. The highest BCUT2D eigenvalue weighted by Gasteiger charge is 2.33. The quantitative estimate of drug-likeness (QED) is 0.171. The van der Waals surface area contributed by atoms with E-state index in [9.17, 15) is 19.7 Å². The molecule has 1 aliphatic heterocycles. The number of carbonyl (C=O) groups is 1. The lowest BCUT2D eigenvalue weighted by molar-refractivity contribution is -0.384. The second kappa shape index (κ2) is 11.5. The van der Waals surface area contributed by atoms with Crippen LogP contribution in [-0.2, 0) is 9.53 Å². The summed E-state index contributed by atoms with van der Waals surface area (Å²) in [6.45, 7) is 3.64. The van der Waals surface area contributed by atoms with Crippen molar-refractivity contribution in [1.29, 1.82) is 0 Å². The van der Waals surface area contributed by atoms with Gasteiger partial charge in [-0.3, -0.25) is 19.5 Å².